The van der Waals surface area contributed by atoms with Crippen LogP contribution in [-0.4, -0.2) is 12.5 Å². The van der Waals surface area contributed by atoms with E-state index in [-0.39, 0.29) is 18.3 Å². The summed E-state index contributed by atoms with van der Waals surface area (Å²) in [5, 5.41) is 3.17. The summed E-state index contributed by atoms with van der Waals surface area (Å²) in [6.07, 6.45) is 3.01. The zero-order valence-corrected chi connectivity index (χ0v) is 12.4. The lowest BCUT2D eigenvalue weighted by atomic mass is 10.2. The van der Waals surface area contributed by atoms with Gasteiger partial charge in [0.1, 0.15) is 5.82 Å². The van der Waals surface area contributed by atoms with E-state index < -0.39 is 0 Å². The summed E-state index contributed by atoms with van der Waals surface area (Å²) in [7, 11) is 0. The van der Waals surface area contributed by atoms with E-state index in [0.717, 1.165) is 5.56 Å². The van der Waals surface area contributed by atoms with Gasteiger partial charge in [0.2, 0.25) is 5.91 Å². The molecule has 0 aliphatic rings. The number of benzene rings is 2. The van der Waals surface area contributed by atoms with Crippen molar-refractivity contribution in [2.24, 2.45) is 0 Å². The average Bonchev–Trinajstić information content (AvgIpc) is 2.52. The van der Waals surface area contributed by atoms with Gasteiger partial charge in [0.15, 0.2) is 0 Å². The predicted molar refractivity (Wildman–Crippen MR) is 86.8 cm³/mol. The highest BCUT2D eigenvalue weighted by Gasteiger charge is 1.97. The van der Waals surface area contributed by atoms with Crippen LogP contribution >= 0.6 is 11.6 Å². The van der Waals surface area contributed by atoms with E-state index >= 15 is 0 Å². The van der Waals surface area contributed by atoms with E-state index in [1.54, 1.807) is 30.3 Å². The molecule has 0 aliphatic heterocycles. The molecule has 1 amide bonds. The molecule has 4 heteroatoms. The van der Waals surface area contributed by atoms with Crippen LogP contribution < -0.4 is 5.32 Å². The van der Waals surface area contributed by atoms with Gasteiger partial charge in [0, 0.05) is 11.1 Å². The van der Waals surface area contributed by atoms with Crippen molar-refractivity contribution < 1.29 is 9.18 Å². The largest absolute Gasteiger partial charge is 0.342 e. The molecular formula is C18H13ClFNO. The third-order valence-corrected chi connectivity index (χ3v) is 3.11. The minimum absolute atomic E-state index is 0.139. The molecule has 1 N–H and O–H groups in total. The highest BCUT2D eigenvalue weighted by atomic mass is 35.5. The van der Waals surface area contributed by atoms with Gasteiger partial charge < -0.3 is 5.32 Å². The zero-order chi connectivity index (χ0) is 15.8. The molecule has 2 aromatic carbocycles. The van der Waals surface area contributed by atoms with Gasteiger partial charge in [-0.25, -0.2) is 4.39 Å². The standard InChI is InChI=1S/C18H13ClFNO/c19-16-9-3-1-6-14(16)11-12-18(22)21-13-5-8-15-7-2-4-10-17(15)20/h1-4,6-7,9-12H,13H2,(H,21,22)/b12-11+. The lowest BCUT2D eigenvalue weighted by Crippen LogP contribution is -2.20. The Morgan fingerprint density at radius 3 is 2.68 bits per heavy atom. The van der Waals surface area contributed by atoms with Gasteiger partial charge in [0.05, 0.1) is 12.1 Å². The lowest BCUT2D eigenvalue weighted by molar-refractivity contribution is -0.116. The van der Waals surface area contributed by atoms with Crippen LogP contribution in [0.3, 0.4) is 0 Å². The summed E-state index contributed by atoms with van der Waals surface area (Å²) in [6.45, 7) is 0.139. The van der Waals surface area contributed by atoms with Crippen LogP contribution in [-0.2, 0) is 4.79 Å². The van der Waals surface area contributed by atoms with Crippen molar-refractivity contribution in [2.75, 3.05) is 6.54 Å². The molecule has 22 heavy (non-hydrogen) atoms. The maximum absolute atomic E-state index is 13.3. The maximum Gasteiger partial charge on any atom is 0.244 e. The summed E-state index contributed by atoms with van der Waals surface area (Å²) >= 11 is 5.98. The molecule has 0 heterocycles. The van der Waals surface area contributed by atoms with Crippen molar-refractivity contribution in [1.29, 1.82) is 0 Å². The molecule has 0 aromatic heterocycles. The fraction of sp³-hybridized carbons (Fsp3) is 0.0556. The number of amides is 1. The minimum Gasteiger partial charge on any atom is -0.342 e. The Morgan fingerprint density at radius 2 is 1.91 bits per heavy atom. The predicted octanol–water partition coefficient (Wildman–Crippen LogP) is 3.66. The first-order valence-corrected chi connectivity index (χ1v) is 6.98. The molecule has 0 unspecified atom stereocenters. The Hall–Kier alpha value is -2.57. The molecule has 0 fully saturated rings. The third kappa shape index (κ3) is 4.76. The summed E-state index contributed by atoms with van der Waals surface area (Å²) in [5.41, 5.74) is 1.07. The molecule has 0 saturated heterocycles. The Morgan fingerprint density at radius 1 is 1.18 bits per heavy atom. The molecule has 0 radical (unpaired) electrons. The van der Waals surface area contributed by atoms with Crippen LogP contribution in [0.5, 0.6) is 0 Å². The number of nitrogens with one attached hydrogen (secondary N) is 1. The summed E-state index contributed by atoms with van der Waals surface area (Å²) in [5.74, 6) is 4.70. The Balaban J connectivity index is 1.87. The minimum atomic E-state index is -0.375. The quantitative estimate of drug-likeness (QED) is 0.680. The highest BCUT2D eigenvalue weighted by Crippen LogP contribution is 2.15. The smallest absolute Gasteiger partial charge is 0.244 e. The monoisotopic (exact) mass is 313 g/mol. The van der Waals surface area contributed by atoms with E-state index in [1.807, 2.05) is 18.2 Å². The van der Waals surface area contributed by atoms with Gasteiger partial charge in [-0.3, -0.25) is 4.79 Å². The fourth-order valence-corrected chi connectivity index (χ4v) is 1.87. The van der Waals surface area contributed by atoms with E-state index in [9.17, 15) is 9.18 Å². The van der Waals surface area contributed by atoms with Crippen molar-refractivity contribution in [2.45, 2.75) is 0 Å². The molecule has 0 spiro atoms. The first kappa shape index (κ1) is 15.8. The highest BCUT2D eigenvalue weighted by molar-refractivity contribution is 6.32. The molecule has 0 aliphatic carbocycles. The van der Waals surface area contributed by atoms with E-state index in [0.29, 0.717) is 10.6 Å². The molecule has 110 valence electrons. The third-order valence-electron chi connectivity index (χ3n) is 2.77. The molecular weight excluding hydrogens is 301 g/mol. The molecule has 0 atom stereocenters. The Bertz CT molecular complexity index is 759. The number of halogens is 2. The van der Waals surface area contributed by atoms with Crippen molar-refractivity contribution in [1.82, 2.24) is 5.32 Å². The van der Waals surface area contributed by atoms with Gasteiger partial charge in [-0.1, -0.05) is 53.8 Å². The lowest BCUT2D eigenvalue weighted by Gasteiger charge is -1.97. The fourth-order valence-electron chi connectivity index (χ4n) is 1.67. The first-order chi connectivity index (χ1) is 10.7. The zero-order valence-electron chi connectivity index (χ0n) is 11.6. The average molecular weight is 314 g/mol. The summed E-state index contributed by atoms with van der Waals surface area (Å²) in [6, 6.07) is 13.4. The van der Waals surface area contributed by atoms with E-state index in [4.69, 9.17) is 11.6 Å². The van der Waals surface area contributed by atoms with Crippen LogP contribution in [0, 0.1) is 17.7 Å². The number of hydrogen-bond acceptors (Lipinski definition) is 1. The Labute approximate surface area is 133 Å². The molecule has 2 nitrogen and oxygen atoms in total. The Kier molecular flexibility index (Phi) is 5.76. The second-order valence-corrected chi connectivity index (χ2v) is 4.76. The van der Waals surface area contributed by atoms with E-state index in [2.05, 4.69) is 17.2 Å². The van der Waals surface area contributed by atoms with Crippen LogP contribution in [0.4, 0.5) is 4.39 Å². The van der Waals surface area contributed by atoms with Crippen LogP contribution in [0.15, 0.2) is 54.6 Å². The second kappa shape index (κ2) is 8.02. The van der Waals surface area contributed by atoms with Crippen LogP contribution in [0.1, 0.15) is 11.1 Å². The molecule has 0 saturated carbocycles. The normalized spacial score (nSPS) is 10.1. The van der Waals surface area contributed by atoms with Crippen molar-refractivity contribution >= 4 is 23.6 Å². The van der Waals surface area contributed by atoms with Gasteiger partial charge >= 0.3 is 0 Å². The molecule has 0 bridgehead atoms. The van der Waals surface area contributed by atoms with Gasteiger partial charge in [-0.05, 0) is 29.8 Å². The maximum atomic E-state index is 13.3. The van der Waals surface area contributed by atoms with Crippen molar-refractivity contribution in [3.05, 3.63) is 76.6 Å². The molecule has 2 rings (SSSR count). The topological polar surface area (TPSA) is 29.1 Å². The summed E-state index contributed by atoms with van der Waals surface area (Å²) in [4.78, 5) is 11.6. The van der Waals surface area contributed by atoms with Crippen LogP contribution in [0.25, 0.3) is 6.08 Å². The SMILES string of the molecule is O=C(/C=C/c1ccccc1Cl)NCC#Cc1ccccc1F. The molecule has 2 aromatic rings. The van der Waals surface area contributed by atoms with Gasteiger partial charge in [-0.2, -0.15) is 0 Å². The van der Waals surface area contributed by atoms with Crippen molar-refractivity contribution in [3.63, 3.8) is 0 Å². The second-order valence-electron chi connectivity index (χ2n) is 4.35. The van der Waals surface area contributed by atoms with Gasteiger partial charge in [0.25, 0.3) is 0 Å². The summed E-state index contributed by atoms with van der Waals surface area (Å²) < 4.78 is 13.3. The van der Waals surface area contributed by atoms with Crippen LogP contribution in [0.2, 0.25) is 5.02 Å². The van der Waals surface area contributed by atoms with E-state index in [1.165, 1.54) is 12.1 Å². The first-order valence-electron chi connectivity index (χ1n) is 6.60. The van der Waals surface area contributed by atoms with Gasteiger partial charge in [-0.15, -0.1) is 0 Å². The number of carbonyl (C=O) groups excluding carboxylic acids is 1. The number of carbonyl (C=O) groups is 1. The number of rotatable bonds is 3. The van der Waals surface area contributed by atoms with Crippen molar-refractivity contribution in [3.8, 4) is 11.8 Å². The number of hydrogen-bond donors (Lipinski definition) is 1.